The smallest absolute Gasteiger partial charge is 0.350 e. The normalized spacial score (nSPS) is 14.8. The number of hydrogen-bond acceptors (Lipinski definition) is 8. The number of nitrogens with zero attached hydrogens (tertiary/aromatic N) is 5. The molecule has 2 aromatic heterocycles. The van der Waals surface area contributed by atoms with Crippen molar-refractivity contribution in [1.82, 2.24) is 15.0 Å². The number of hydrogen-bond donors (Lipinski definition) is 0. The third-order valence-corrected chi connectivity index (χ3v) is 5.42. The molecule has 1 aliphatic heterocycles. The molecule has 11 heteroatoms. The number of anilines is 2. The molecule has 140 valence electrons. The Morgan fingerprint density at radius 2 is 1.88 bits per heavy atom. The van der Waals surface area contributed by atoms with Crippen molar-refractivity contribution < 1.29 is 18.3 Å². The van der Waals surface area contributed by atoms with Crippen LogP contribution in [-0.2, 0) is 4.74 Å². The molecule has 0 aliphatic carbocycles. The van der Waals surface area contributed by atoms with Gasteiger partial charge in [-0.3, -0.25) is 0 Å². The van der Waals surface area contributed by atoms with Crippen LogP contribution in [-0.4, -0.2) is 53.7 Å². The van der Waals surface area contributed by atoms with Gasteiger partial charge in [-0.25, -0.2) is 28.5 Å². The largest absolute Gasteiger partial charge is 0.462 e. The Bertz CT molecular complexity index is 766. The predicted octanol–water partition coefficient (Wildman–Crippen LogP) is 2.98. The van der Waals surface area contributed by atoms with E-state index in [0.717, 1.165) is 14.9 Å². The fraction of sp³-hybridized carbons (Fsp3) is 0.467. The summed E-state index contributed by atoms with van der Waals surface area (Å²) in [6, 6.07) is 0. The summed E-state index contributed by atoms with van der Waals surface area (Å²) in [6.45, 7) is 4.19. The Morgan fingerprint density at radius 1 is 1.27 bits per heavy atom. The topological polar surface area (TPSA) is 71.5 Å². The molecule has 2 aromatic rings. The number of ether oxygens (including phenoxy) is 1. The van der Waals surface area contributed by atoms with Gasteiger partial charge in [0, 0.05) is 42.1 Å². The van der Waals surface area contributed by atoms with Gasteiger partial charge in [-0.05, 0) is 29.5 Å². The van der Waals surface area contributed by atoms with Gasteiger partial charge in [0.15, 0.2) is 5.13 Å². The molecule has 1 aliphatic rings. The van der Waals surface area contributed by atoms with Gasteiger partial charge in [0.1, 0.15) is 10.6 Å². The minimum atomic E-state index is -2.82. The third kappa shape index (κ3) is 4.19. The molecule has 1 saturated heterocycles. The number of carbonyl (C=O) groups is 1. The Hall–Kier alpha value is -1.63. The second-order valence-corrected chi connectivity index (χ2v) is 7.63. The van der Waals surface area contributed by atoms with Crippen LogP contribution in [0, 0.1) is 3.57 Å². The van der Waals surface area contributed by atoms with Crippen LogP contribution in [0.3, 0.4) is 0 Å². The molecule has 0 N–H and O–H groups in total. The lowest BCUT2D eigenvalue weighted by Gasteiger charge is -2.34. The molecule has 3 rings (SSSR count). The molecule has 0 saturated carbocycles. The van der Waals surface area contributed by atoms with Gasteiger partial charge >= 0.3 is 5.97 Å². The van der Waals surface area contributed by atoms with Crippen LogP contribution >= 0.6 is 33.9 Å². The number of esters is 1. The van der Waals surface area contributed by atoms with Gasteiger partial charge in [0.25, 0.3) is 6.43 Å². The van der Waals surface area contributed by atoms with E-state index in [-0.39, 0.29) is 11.5 Å². The van der Waals surface area contributed by atoms with E-state index in [1.165, 1.54) is 0 Å². The summed E-state index contributed by atoms with van der Waals surface area (Å²) in [4.78, 5) is 28.3. The van der Waals surface area contributed by atoms with E-state index in [1.54, 1.807) is 19.3 Å². The quantitative estimate of drug-likeness (QED) is 0.467. The number of alkyl halides is 2. The van der Waals surface area contributed by atoms with Gasteiger partial charge in [-0.1, -0.05) is 11.3 Å². The third-order valence-electron chi connectivity index (χ3n) is 3.75. The van der Waals surface area contributed by atoms with Crippen LogP contribution in [0.1, 0.15) is 28.7 Å². The number of thiazole rings is 1. The number of carbonyl (C=O) groups excluding carboxylic acids is 1. The van der Waals surface area contributed by atoms with Crippen LogP contribution in [0.15, 0.2) is 12.4 Å². The highest BCUT2D eigenvalue weighted by atomic mass is 127. The zero-order chi connectivity index (χ0) is 18.7. The average Bonchev–Trinajstić information content (AvgIpc) is 3.09. The van der Waals surface area contributed by atoms with Gasteiger partial charge in [-0.2, -0.15) is 0 Å². The molecule has 0 aromatic carbocycles. The molecule has 7 nitrogen and oxygen atoms in total. The van der Waals surface area contributed by atoms with Gasteiger partial charge in [-0.15, -0.1) is 0 Å². The van der Waals surface area contributed by atoms with Gasteiger partial charge in [0.05, 0.1) is 6.61 Å². The second kappa shape index (κ2) is 8.37. The van der Waals surface area contributed by atoms with Crippen molar-refractivity contribution in [3.63, 3.8) is 0 Å². The molecule has 0 unspecified atom stereocenters. The minimum absolute atomic E-state index is 0.125. The Labute approximate surface area is 166 Å². The van der Waals surface area contributed by atoms with Crippen molar-refractivity contribution in [2.45, 2.75) is 13.3 Å². The molecular formula is C15H16F2IN5O2S. The van der Waals surface area contributed by atoms with E-state index in [0.29, 0.717) is 37.3 Å². The predicted molar refractivity (Wildman–Crippen MR) is 102 cm³/mol. The number of rotatable bonds is 5. The second-order valence-electron chi connectivity index (χ2n) is 5.41. The van der Waals surface area contributed by atoms with E-state index in [9.17, 15) is 13.6 Å². The molecule has 3 heterocycles. The first-order valence-electron chi connectivity index (χ1n) is 7.93. The monoisotopic (exact) mass is 495 g/mol. The first kappa shape index (κ1) is 19.1. The summed E-state index contributed by atoms with van der Waals surface area (Å²) in [6.07, 6.45) is 0.675. The maximum absolute atomic E-state index is 13.2. The van der Waals surface area contributed by atoms with E-state index >= 15 is 0 Å². The van der Waals surface area contributed by atoms with Crippen LogP contribution in [0.4, 0.5) is 19.9 Å². The van der Waals surface area contributed by atoms with E-state index in [4.69, 9.17) is 4.74 Å². The zero-order valence-electron chi connectivity index (χ0n) is 13.9. The van der Waals surface area contributed by atoms with Crippen molar-refractivity contribution >= 4 is 51.0 Å². The Balaban J connectivity index is 1.72. The Morgan fingerprint density at radius 3 is 2.46 bits per heavy atom. The summed E-state index contributed by atoms with van der Waals surface area (Å²) in [5, 5.41) is 0.409. The van der Waals surface area contributed by atoms with Crippen LogP contribution in [0.25, 0.3) is 0 Å². The molecule has 0 amide bonds. The lowest BCUT2D eigenvalue weighted by atomic mass is 10.3. The highest BCUT2D eigenvalue weighted by molar-refractivity contribution is 14.1. The molecular weight excluding hydrogens is 479 g/mol. The average molecular weight is 495 g/mol. The van der Waals surface area contributed by atoms with Crippen LogP contribution in [0.5, 0.6) is 0 Å². The summed E-state index contributed by atoms with van der Waals surface area (Å²) in [5.74, 6) is -0.109. The lowest BCUT2D eigenvalue weighted by molar-refractivity contribution is 0.0520. The van der Waals surface area contributed by atoms with Crippen molar-refractivity contribution in [3.8, 4) is 0 Å². The molecule has 0 bridgehead atoms. The number of aromatic nitrogens is 3. The standard InChI is InChI=1S/C15H16F2IN5O2S/c1-2-25-13(24)11-10(12(16)17)21-15(26-11)23-5-3-22(4-6-23)14-19-7-9(18)8-20-14/h7-8,12H,2-6H2,1H3. The van der Waals surface area contributed by atoms with E-state index < -0.39 is 18.1 Å². The molecule has 26 heavy (non-hydrogen) atoms. The zero-order valence-corrected chi connectivity index (χ0v) is 16.8. The minimum Gasteiger partial charge on any atom is -0.462 e. The van der Waals surface area contributed by atoms with E-state index in [1.807, 2.05) is 9.80 Å². The highest BCUT2D eigenvalue weighted by Crippen LogP contribution is 2.33. The summed E-state index contributed by atoms with van der Waals surface area (Å²) in [5.41, 5.74) is -0.508. The fourth-order valence-corrected chi connectivity index (χ4v) is 3.81. The van der Waals surface area contributed by atoms with E-state index in [2.05, 4.69) is 37.5 Å². The van der Waals surface area contributed by atoms with Crippen molar-refractivity contribution in [2.75, 3.05) is 42.6 Å². The van der Waals surface area contributed by atoms with Gasteiger partial charge in [0.2, 0.25) is 5.95 Å². The summed E-state index contributed by atoms with van der Waals surface area (Å²) in [7, 11) is 0. The molecule has 0 atom stereocenters. The fourth-order valence-electron chi connectivity index (χ4n) is 2.51. The summed E-state index contributed by atoms with van der Waals surface area (Å²) >= 11 is 3.09. The SMILES string of the molecule is CCOC(=O)c1sc(N2CCN(c3ncc(I)cn3)CC2)nc1C(F)F. The maximum Gasteiger partial charge on any atom is 0.350 e. The summed E-state index contributed by atoms with van der Waals surface area (Å²) < 4.78 is 32.2. The van der Waals surface area contributed by atoms with Crippen molar-refractivity contribution in [2.24, 2.45) is 0 Å². The number of halogens is 3. The van der Waals surface area contributed by atoms with Crippen molar-refractivity contribution in [3.05, 3.63) is 26.5 Å². The molecule has 0 radical (unpaired) electrons. The van der Waals surface area contributed by atoms with Gasteiger partial charge < -0.3 is 14.5 Å². The molecule has 1 fully saturated rings. The Kier molecular flexibility index (Phi) is 6.16. The lowest BCUT2D eigenvalue weighted by Crippen LogP contribution is -2.47. The first-order valence-corrected chi connectivity index (χ1v) is 9.82. The van der Waals surface area contributed by atoms with Crippen LogP contribution in [0.2, 0.25) is 0 Å². The molecule has 0 spiro atoms. The first-order chi connectivity index (χ1) is 12.5. The highest BCUT2D eigenvalue weighted by Gasteiger charge is 2.29. The van der Waals surface area contributed by atoms with Crippen LogP contribution < -0.4 is 9.80 Å². The van der Waals surface area contributed by atoms with Crippen molar-refractivity contribution in [1.29, 1.82) is 0 Å². The number of piperazine rings is 1. The maximum atomic E-state index is 13.2.